The Hall–Kier alpha value is -3.09. The number of nitrogens with zero attached hydrogens (tertiary/aromatic N) is 5. The molecule has 32 heavy (non-hydrogen) atoms. The predicted octanol–water partition coefficient (Wildman–Crippen LogP) is 5.27. The zero-order valence-electron chi connectivity index (χ0n) is 18.7. The number of aromatic nitrogens is 3. The van der Waals surface area contributed by atoms with Crippen LogP contribution in [0, 0.1) is 6.92 Å². The molecule has 5 nitrogen and oxygen atoms in total. The average Bonchev–Trinajstić information content (AvgIpc) is 3.25. The van der Waals surface area contributed by atoms with E-state index in [4.69, 9.17) is 4.98 Å². The molecule has 0 spiro atoms. The first-order valence-electron chi connectivity index (χ1n) is 11.0. The molecule has 1 fully saturated rings. The van der Waals surface area contributed by atoms with Crippen molar-refractivity contribution in [3.8, 4) is 11.1 Å². The molecule has 0 N–H and O–H groups in total. The Kier molecular flexibility index (Phi) is 5.72. The molecule has 5 rings (SSSR count). The lowest BCUT2D eigenvalue weighted by molar-refractivity contribution is 0.312. The summed E-state index contributed by atoms with van der Waals surface area (Å²) in [5, 5.41) is 1.23. The summed E-state index contributed by atoms with van der Waals surface area (Å²) < 4.78 is 1.20. The first kappa shape index (κ1) is 20.8. The highest BCUT2D eigenvalue weighted by molar-refractivity contribution is 7.20. The molecule has 0 radical (unpaired) electrons. The number of hydrogen-bond acceptors (Lipinski definition) is 6. The molecule has 1 aliphatic rings. The lowest BCUT2D eigenvalue weighted by Gasteiger charge is -2.33. The molecule has 1 saturated heterocycles. The van der Waals surface area contributed by atoms with Gasteiger partial charge in [0.2, 0.25) is 0 Å². The highest BCUT2D eigenvalue weighted by Gasteiger charge is 2.17. The molecular weight excluding hydrogens is 414 g/mol. The molecule has 5 heterocycles. The van der Waals surface area contributed by atoms with Crippen molar-refractivity contribution in [1.82, 2.24) is 19.9 Å². The minimum atomic E-state index is 1.01. The first-order chi connectivity index (χ1) is 15.6. The molecule has 0 bridgehead atoms. The number of fused-ring (bicyclic) bond motifs is 1. The number of pyridine rings is 3. The van der Waals surface area contributed by atoms with Crippen molar-refractivity contribution in [3.05, 3.63) is 77.3 Å². The highest BCUT2D eigenvalue weighted by atomic mass is 32.1. The van der Waals surface area contributed by atoms with E-state index in [1.54, 1.807) is 11.3 Å². The number of thiophene rings is 1. The van der Waals surface area contributed by atoms with E-state index in [2.05, 4.69) is 77.1 Å². The molecule has 0 aromatic carbocycles. The van der Waals surface area contributed by atoms with Crippen LogP contribution >= 0.6 is 11.3 Å². The van der Waals surface area contributed by atoms with Crippen LogP contribution in [0.5, 0.6) is 0 Å². The van der Waals surface area contributed by atoms with Crippen molar-refractivity contribution in [2.45, 2.75) is 13.8 Å². The molecule has 6 heteroatoms. The number of likely N-dealkylation sites (N-methyl/N-ethyl adjacent to an activating group) is 1. The molecule has 0 saturated carbocycles. The lowest BCUT2D eigenvalue weighted by atomic mass is 9.98. The van der Waals surface area contributed by atoms with Crippen LogP contribution in [0.15, 0.2) is 61.2 Å². The van der Waals surface area contributed by atoms with Crippen molar-refractivity contribution in [2.75, 3.05) is 38.1 Å². The van der Waals surface area contributed by atoms with Gasteiger partial charge in [-0.3, -0.25) is 9.97 Å². The Morgan fingerprint density at radius 2 is 1.81 bits per heavy atom. The fourth-order valence-electron chi connectivity index (χ4n) is 4.22. The summed E-state index contributed by atoms with van der Waals surface area (Å²) in [6, 6.07) is 10.9. The van der Waals surface area contributed by atoms with Crippen LogP contribution in [0.1, 0.15) is 23.1 Å². The van der Waals surface area contributed by atoms with Gasteiger partial charge in [0.1, 0.15) is 5.82 Å². The van der Waals surface area contributed by atoms with Gasteiger partial charge >= 0.3 is 0 Å². The molecule has 0 unspecified atom stereocenters. The van der Waals surface area contributed by atoms with E-state index < -0.39 is 0 Å². The highest BCUT2D eigenvalue weighted by Crippen LogP contribution is 2.36. The maximum atomic E-state index is 4.77. The monoisotopic (exact) mass is 441 g/mol. The largest absolute Gasteiger partial charge is 0.354 e. The quantitative estimate of drug-likeness (QED) is 0.432. The summed E-state index contributed by atoms with van der Waals surface area (Å²) in [5.41, 5.74) is 5.68. The van der Waals surface area contributed by atoms with Crippen molar-refractivity contribution in [3.63, 3.8) is 0 Å². The van der Waals surface area contributed by atoms with Gasteiger partial charge in [0.25, 0.3) is 0 Å². The third kappa shape index (κ3) is 4.04. The molecule has 4 aromatic rings. The van der Waals surface area contributed by atoms with Crippen LogP contribution in [0.3, 0.4) is 0 Å². The Bertz CT molecular complexity index is 1250. The smallest absolute Gasteiger partial charge is 0.129 e. The van der Waals surface area contributed by atoms with Crippen LogP contribution in [0.4, 0.5) is 5.82 Å². The van der Waals surface area contributed by atoms with Gasteiger partial charge in [-0.15, -0.1) is 11.3 Å². The third-order valence-corrected chi connectivity index (χ3v) is 7.28. The second-order valence-corrected chi connectivity index (χ2v) is 9.36. The summed E-state index contributed by atoms with van der Waals surface area (Å²) in [7, 11) is 2.17. The van der Waals surface area contributed by atoms with E-state index in [0.29, 0.717) is 0 Å². The molecule has 0 aliphatic carbocycles. The maximum absolute atomic E-state index is 4.77. The molecule has 1 aliphatic heterocycles. The van der Waals surface area contributed by atoms with E-state index >= 15 is 0 Å². The van der Waals surface area contributed by atoms with Gasteiger partial charge in [0, 0.05) is 72.7 Å². The van der Waals surface area contributed by atoms with E-state index in [1.165, 1.54) is 26.1 Å². The zero-order valence-corrected chi connectivity index (χ0v) is 19.6. The van der Waals surface area contributed by atoms with E-state index in [-0.39, 0.29) is 0 Å². The predicted molar refractivity (Wildman–Crippen MR) is 134 cm³/mol. The molecule has 162 valence electrons. The van der Waals surface area contributed by atoms with E-state index in [1.807, 2.05) is 24.8 Å². The number of piperazine rings is 1. The molecule has 0 amide bonds. The summed E-state index contributed by atoms with van der Waals surface area (Å²) >= 11 is 1.78. The van der Waals surface area contributed by atoms with Gasteiger partial charge in [-0.2, -0.15) is 0 Å². The standard InChI is InChI=1S/C26H27N5S/c1-4-22(24-14-20-5-7-27-17-25(20)32-24)23-13-21(16-29-18(23)2)19-6-8-28-26(15-19)31-11-9-30(3)10-12-31/h4-8,13-17H,9-12H2,1-3H3/b22-4+. The lowest BCUT2D eigenvalue weighted by Crippen LogP contribution is -2.44. The zero-order chi connectivity index (χ0) is 22.1. The van der Waals surface area contributed by atoms with E-state index in [0.717, 1.165) is 48.8 Å². The summed E-state index contributed by atoms with van der Waals surface area (Å²) in [6.07, 6.45) is 9.87. The van der Waals surface area contributed by atoms with Gasteiger partial charge in [0.15, 0.2) is 0 Å². The van der Waals surface area contributed by atoms with Crippen LogP contribution in [0.25, 0.3) is 26.8 Å². The van der Waals surface area contributed by atoms with Gasteiger partial charge in [-0.05, 0) is 67.7 Å². The van der Waals surface area contributed by atoms with Crippen molar-refractivity contribution in [2.24, 2.45) is 0 Å². The molecule has 0 atom stereocenters. The number of allylic oxidation sites excluding steroid dienone is 1. The summed E-state index contributed by atoms with van der Waals surface area (Å²) in [6.45, 7) is 8.33. The Balaban J connectivity index is 1.50. The topological polar surface area (TPSA) is 45.2 Å². The average molecular weight is 442 g/mol. The summed E-state index contributed by atoms with van der Waals surface area (Å²) in [4.78, 5) is 19.7. The number of rotatable bonds is 4. The first-order valence-corrected chi connectivity index (χ1v) is 11.8. The van der Waals surface area contributed by atoms with E-state index in [9.17, 15) is 0 Å². The Labute approximate surface area is 193 Å². The van der Waals surface area contributed by atoms with Crippen LogP contribution < -0.4 is 4.90 Å². The fraction of sp³-hybridized carbons (Fsp3) is 0.269. The minimum absolute atomic E-state index is 1.01. The molecular formula is C26H27N5S. The maximum Gasteiger partial charge on any atom is 0.129 e. The van der Waals surface area contributed by atoms with Crippen LogP contribution in [0.2, 0.25) is 0 Å². The third-order valence-electron chi connectivity index (χ3n) is 6.16. The van der Waals surface area contributed by atoms with Gasteiger partial charge in [0.05, 0.1) is 4.70 Å². The van der Waals surface area contributed by atoms with Gasteiger partial charge in [-0.25, -0.2) is 4.98 Å². The van der Waals surface area contributed by atoms with Crippen molar-refractivity contribution < 1.29 is 0 Å². The number of hydrogen-bond donors (Lipinski definition) is 0. The SMILES string of the molecule is C/C=C(/c1cc2ccncc2s1)c1cc(-c2ccnc(N3CCN(C)CC3)c2)cnc1C. The van der Waals surface area contributed by atoms with Gasteiger partial charge in [-0.1, -0.05) is 6.08 Å². The fourth-order valence-corrected chi connectivity index (χ4v) is 5.34. The normalized spacial score (nSPS) is 15.5. The van der Waals surface area contributed by atoms with Gasteiger partial charge < -0.3 is 9.80 Å². The Morgan fingerprint density at radius 3 is 2.59 bits per heavy atom. The molecule has 4 aromatic heterocycles. The Morgan fingerprint density at radius 1 is 0.969 bits per heavy atom. The number of aryl methyl sites for hydroxylation is 1. The second-order valence-electron chi connectivity index (χ2n) is 8.28. The van der Waals surface area contributed by atoms with Crippen LogP contribution in [-0.4, -0.2) is 53.1 Å². The van der Waals surface area contributed by atoms with Crippen molar-refractivity contribution >= 4 is 32.8 Å². The summed E-state index contributed by atoms with van der Waals surface area (Å²) in [5.74, 6) is 1.04. The number of anilines is 1. The van der Waals surface area contributed by atoms with Crippen molar-refractivity contribution in [1.29, 1.82) is 0 Å². The second kappa shape index (κ2) is 8.81. The minimum Gasteiger partial charge on any atom is -0.354 e. The van der Waals surface area contributed by atoms with Crippen LogP contribution in [-0.2, 0) is 0 Å².